The number of benzene rings is 1. The fourth-order valence-electron chi connectivity index (χ4n) is 3.70. The Morgan fingerprint density at radius 3 is 2.76 bits per heavy atom. The van der Waals surface area contributed by atoms with Gasteiger partial charge in [0.15, 0.2) is 5.76 Å². The Bertz CT molecular complexity index is 928. The first-order chi connectivity index (χ1) is 13.9. The average Bonchev–Trinajstić information content (AvgIpc) is 3.35. The number of likely N-dealkylation sites (tertiary alicyclic amines) is 1. The summed E-state index contributed by atoms with van der Waals surface area (Å²) in [6.07, 6.45) is 4.07. The molecule has 2 atom stereocenters. The molecule has 2 fully saturated rings. The minimum absolute atomic E-state index is 0.0123. The fourth-order valence-corrected chi connectivity index (χ4v) is 3.70. The molecule has 2 N–H and O–H groups in total. The molecule has 1 aliphatic carbocycles. The molecule has 4 rings (SSSR count). The Hall–Kier alpha value is -2.81. The second-order valence-corrected chi connectivity index (χ2v) is 7.67. The van der Waals surface area contributed by atoms with E-state index in [1.807, 2.05) is 0 Å². The highest BCUT2D eigenvalue weighted by Crippen LogP contribution is 2.31. The van der Waals surface area contributed by atoms with Crippen molar-refractivity contribution < 1.29 is 27.9 Å². The number of carboxylic acid groups (broad SMARTS) is 1. The van der Waals surface area contributed by atoms with Gasteiger partial charge in [0, 0.05) is 31.7 Å². The highest BCUT2D eigenvalue weighted by atomic mass is 19.1. The summed E-state index contributed by atoms with van der Waals surface area (Å²) in [6.45, 7) is 1.99. The second-order valence-electron chi connectivity index (χ2n) is 7.67. The second kappa shape index (κ2) is 7.90. The quantitative estimate of drug-likeness (QED) is 0.767. The number of halogens is 2. The molecule has 1 saturated carbocycles. The number of hydrogen-bond acceptors (Lipinski definition) is 5. The number of aliphatic carboxylic acids is 1. The number of aromatic nitrogens is 1. The van der Waals surface area contributed by atoms with E-state index in [0.717, 1.165) is 12.6 Å². The van der Waals surface area contributed by atoms with Crippen molar-refractivity contribution in [3.8, 4) is 11.3 Å². The van der Waals surface area contributed by atoms with Crippen molar-refractivity contribution >= 4 is 11.9 Å². The van der Waals surface area contributed by atoms with Crippen molar-refractivity contribution in [2.24, 2.45) is 11.8 Å². The van der Waals surface area contributed by atoms with Crippen molar-refractivity contribution in [3.05, 3.63) is 41.9 Å². The maximum Gasteiger partial charge on any atom is 0.309 e. The third-order valence-electron chi connectivity index (χ3n) is 5.44. The van der Waals surface area contributed by atoms with Crippen LogP contribution in [0, 0.1) is 23.5 Å². The zero-order valence-electron chi connectivity index (χ0n) is 15.6. The Balaban J connectivity index is 1.43. The van der Waals surface area contributed by atoms with Crippen LogP contribution >= 0.6 is 0 Å². The number of carboxylic acids is 1. The van der Waals surface area contributed by atoms with Gasteiger partial charge in [-0.2, -0.15) is 0 Å². The van der Waals surface area contributed by atoms with Crippen LogP contribution in [0.4, 0.5) is 8.78 Å². The zero-order valence-corrected chi connectivity index (χ0v) is 15.6. The number of hydrogen-bond donors (Lipinski definition) is 2. The van der Waals surface area contributed by atoms with Gasteiger partial charge in [-0.25, -0.2) is 13.8 Å². The maximum atomic E-state index is 13.9. The number of rotatable bonds is 6. The minimum atomic E-state index is -0.961. The molecule has 1 aromatic heterocycles. The number of nitrogens with one attached hydrogen (secondary N) is 1. The summed E-state index contributed by atoms with van der Waals surface area (Å²) in [7, 11) is 0. The molecule has 29 heavy (non-hydrogen) atoms. The van der Waals surface area contributed by atoms with Gasteiger partial charge in [-0.3, -0.25) is 9.59 Å². The number of carbonyl (C=O) groups is 2. The summed E-state index contributed by atoms with van der Waals surface area (Å²) >= 11 is 0. The first-order valence-corrected chi connectivity index (χ1v) is 9.58. The van der Waals surface area contributed by atoms with Crippen molar-refractivity contribution in [1.82, 2.24) is 15.2 Å². The van der Waals surface area contributed by atoms with Crippen LogP contribution in [0.15, 0.2) is 28.8 Å². The standard InChI is InChI=1S/C20H21F2N3O4/c21-12-3-4-13(15(22)7-12)17-8-23-19(29-17)18(26)24-16-5-6-25(9-11-1-2-11)10-14(16)20(27)28/h3-4,7-8,11,14,16H,1-2,5-6,9-10H2,(H,24,26)(H,27,28)/t14-,16-/m0/s1. The number of nitrogens with zero attached hydrogens (tertiary/aromatic N) is 2. The van der Waals surface area contributed by atoms with Crippen LogP contribution in [0.5, 0.6) is 0 Å². The third-order valence-corrected chi connectivity index (χ3v) is 5.44. The molecule has 2 aromatic rings. The Labute approximate surface area is 165 Å². The van der Waals surface area contributed by atoms with Crippen molar-refractivity contribution in [2.75, 3.05) is 19.6 Å². The van der Waals surface area contributed by atoms with E-state index in [1.54, 1.807) is 0 Å². The van der Waals surface area contributed by atoms with E-state index in [-0.39, 0.29) is 17.2 Å². The zero-order chi connectivity index (χ0) is 20.5. The van der Waals surface area contributed by atoms with Crippen LogP contribution in [-0.2, 0) is 4.79 Å². The molecule has 1 saturated heterocycles. The Kier molecular flexibility index (Phi) is 5.31. The number of oxazole rings is 1. The first-order valence-electron chi connectivity index (χ1n) is 9.58. The molecule has 1 aromatic carbocycles. The largest absolute Gasteiger partial charge is 0.481 e. The molecule has 1 aliphatic heterocycles. The molecule has 0 unspecified atom stereocenters. The lowest BCUT2D eigenvalue weighted by Crippen LogP contribution is -2.53. The normalized spacial score (nSPS) is 22.4. The molecule has 2 aliphatic rings. The topological polar surface area (TPSA) is 95.7 Å². The third kappa shape index (κ3) is 4.45. The van der Waals surface area contributed by atoms with Crippen molar-refractivity contribution in [3.63, 3.8) is 0 Å². The lowest BCUT2D eigenvalue weighted by atomic mass is 9.92. The molecule has 0 bridgehead atoms. The molecule has 0 spiro atoms. The van der Waals surface area contributed by atoms with E-state index in [1.165, 1.54) is 25.1 Å². The molecular weight excluding hydrogens is 384 g/mol. The fraction of sp³-hybridized carbons (Fsp3) is 0.450. The van der Waals surface area contributed by atoms with Gasteiger partial charge in [0.2, 0.25) is 0 Å². The van der Waals surface area contributed by atoms with Crippen LogP contribution < -0.4 is 5.32 Å². The van der Waals surface area contributed by atoms with E-state index >= 15 is 0 Å². The lowest BCUT2D eigenvalue weighted by molar-refractivity contribution is -0.144. The van der Waals surface area contributed by atoms with Crippen molar-refractivity contribution in [1.29, 1.82) is 0 Å². The predicted molar refractivity (Wildman–Crippen MR) is 98.0 cm³/mol. The monoisotopic (exact) mass is 405 g/mol. The van der Waals surface area contributed by atoms with Gasteiger partial charge < -0.3 is 19.7 Å². The minimum Gasteiger partial charge on any atom is -0.481 e. The van der Waals surface area contributed by atoms with Gasteiger partial charge in [0.25, 0.3) is 5.89 Å². The van der Waals surface area contributed by atoms with E-state index in [0.29, 0.717) is 31.5 Å². The summed E-state index contributed by atoms with van der Waals surface area (Å²) < 4.78 is 32.3. The van der Waals surface area contributed by atoms with E-state index in [2.05, 4.69) is 15.2 Å². The van der Waals surface area contributed by atoms with Crippen LogP contribution in [0.3, 0.4) is 0 Å². The molecule has 0 radical (unpaired) electrons. The molecular formula is C20H21F2N3O4. The maximum absolute atomic E-state index is 13.9. The van der Waals surface area contributed by atoms with Crippen LogP contribution in [0.25, 0.3) is 11.3 Å². The van der Waals surface area contributed by atoms with E-state index < -0.39 is 35.5 Å². The van der Waals surface area contributed by atoms with Gasteiger partial charge in [-0.15, -0.1) is 0 Å². The molecule has 154 valence electrons. The molecule has 1 amide bonds. The summed E-state index contributed by atoms with van der Waals surface area (Å²) in [5.74, 6) is -3.56. The van der Waals surface area contributed by atoms with Gasteiger partial charge in [0.1, 0.15) is 11.6 Å². The molecule has 9 heteroatoms. The number of amides is 1. The lowest BCUT2D eigenvalue weighted by Gasteiger charge is -2.36. The molecule has 7 nitrogen and oxygen atoms in total. The Morgan fingerprint density at radius 2 is 2.07 bits per heavy atom. The van der Waals surface area contributed by atoms with Crippen molar-refractivity contribution in [2.45, 2.75) is 25.3 Å². The summed E-state index contributed by atoms with van der Waals surface area (Å²) in [4.78, 5) is 30.2. The highest BCUT2D eigenvalue weighted by Gasteiger charge is 2.37. The highest BCUT2D eigenvalue weighted by molar-refractivity contribution is 5.90. The summed E-state index contributed by atoms with van der Waals surface area (Å²) in [6, 6.07) is 2.44. The predicted octanol–water partition coefficient (Wildman–Crippen LogP) is 2.53. The van der Waals surface area contributed by atoms with Gasteiger partial charge in [-0.1, -0.05) is 0 Å². The van der Waals surface area contributed by atoms with Gasteiger partial charge >= 0.3 is 11.9 Å². The van der Waals surface area contributed by atoms with Crippen LogP contribution in [0.1, 0.15) is 29.9 Å². The first kappa shape index (κ1) is 19.5. The Morgan fingerprint density at radius 1 is 1.28 bits per heavy atom. The van der Waals surface area contributed by atoms with Crippen LogP contribution in [-0.4, -0.2) is 52.5 Å². The number of piperidine rings is 1. The molecule has 2 heterocycles. The SMILES string of the molecule is O=C(N[C@H]1CCN(CC2CC2)C[C@@H]1C(=O)O)c1ncc(-c2ccc(F)cc2F)o1. The summed E-state index contributed by atoms with van der Waals surface area (Å²) in [5.41, 5.74) is -0.0188. The van der Waals surface area contributed by atoms with E-state index in [9.17, 15) is 23.5 Å². The average molecular weight is 405 g/mol. The smallest absolute Gasteiger partial charge is 0.309 e. The van der Waals surface area contributed by atoms with Crippen LogP contribution in [0.2, 0.25) is 0 Å². The summed E-state index contributed by atoms with van der Waals surface area (Å²) in [5, 5.41) is 12.3. The van der Waals surface area contributed by atoms with Gasteiger partial charge in [0.05, 0.1) is 17.7 Å². The van der Waals surface area contributed by atoms with Gasteiger partial charge in [-0.05, 0) is 37.3 Å². The number of carbonyl (C=O) groups excluding carboxylic acids is 1. The van der Waals surface area contributed by atoms with E-state index in [4.69, 9.17) is 4.42 Å².